The molecule has 0 bridgehead atoms. The van der Waals surface area contributed by atoms with Gasteiger partial charge in [-0.05, 0) is 13.3 Å². The first-order valence-electron chi connectivity index (χ1n) is 6.94. The zero-order valence-corrected chi connectivity index (χ0v) is 14.4. The minimum Gasteiger partial charge on any atom is -0.361 e. The van der Waals surface area contributed by atoms with Crippen LogP contribution in [0.15, 0.2) is 5.38 Å². The summed E-state index contributed by atoms with van der Waals surface area (Å²) >= 11 is 2.88. The predicted molar refractivity (Wildman–Crippen MR) is 92.3 cm³/mol. The smallest absolute Gasteiger partial charge is 0.233 e. The summed E-state index contributed by atoms with van der Waals surface area (Å²) in [4.78, 5) is 31.9. The van der Waals surface area contributed by atoms with E-state index in [0.29, 0.717) is 24.5 Å². The lowest BCUT2D eigenvalue weighted by atomic mass is 10.3. The van der Waals surface area contributed by atoms with Gasteiger partial charge in [0.25, 0.3) is 0 Å². The van der Waals surface area contributed by atoms with E-state index in [0.717, 1.165) is 21.4 Å². The molecule has 0 aromatic carbocycles. The van der Waals surface area contributed by atoms with Crippen molar-refractivity contribution in [3.63, 3.8) is 0 Å². The van der Waals surface area contributed by atoms with E-state index < -0.39 is 0 Å². The van der Waals surface area contributed by atoms with Crippen molar-refractivity contribution in [1.82, 2.24) is 15.4 Å². The molecule has 0 aliphatic heterocycles. The van der Waals surface area contributed by atoms with Gasteiger partial charge in [-0.15, -0.1) is 11.3 Å². The molecule has 8 nitrogen and oxygen atoms in total. The van der Waals surface area contributed by atoms with Crippen LogP contribution in [0, 0.1) is 6.92 Å². The zero-order valence-electron chi connectivity index (χ0n) is 12.8. The second-order valence-electron chi connectivity index (χ2n) is 4.75. The topological polar surface area (TPSA) is 122 Å². The molecule has 0 radical (unpaired) electrons. The molecular formula is C13H18N6O2S2. The number of rotatable bonds is 7. The molecule has 2 rings (SSSR count). The van der Waals surface area contributed by atoms with Crippen LogP contribution < -0.4 is 21.9 Å². The molecule has 2 amide bonds. The van der Waals surface area contributed by atoms with Crippen LogP contribution in [0.25, 0.3) is 10.6 Å². The largest absolute Gasteiger partial charge is 0.361 e. The molecule has 0 fully saturated rings. The molecule has 2 aromatic rings. The van der Waals surface area contributed by atoms with Crippen LogP contribution in [-0.4, -0.2) is 28.3 Å². The molecule has 2 aromatic heterocycles. The van der Waals surface area contributed by atoms with Gasteiger partial charge < -0.3 is 10.6 Å². The highest BCUT2D eigenvalue weighted by molar-refractivity contribution is 7.19. The van der Waals surface area contributed by atoms with Crippen molar-refractivity contribution in [2.45, 2.75) is 26.7 Å². The van der Waals surface area contributed by atoms with Crippen LogP contribution >= 0.6 is 22.7 Å². The molecule has 10 heteroatoms. The SMILES string of the molecule is CC(=O)Nc1nc(C)c(-c2csc(NCCCC(=O)NN)n2)s1. The number of hydrogen-bond donors (Lipinski definition) is 4. The van der Waals surface area contributed by atoms with Crippen LogP contribution in [-0.2, 0) is 9.59 Å². The molecule has 23 heavy (non-hydrogen) atoms. The Morgan fingerprint density at radius 2 is 2.09 bits per heavy atom. The number of aryl methyl sites for hydroxylation is 1. The monoisotopic (exact) mass is 354 g/mol. The molecule has 0 aliphatic carbocycles. The van der Waals surface area contributed by atoms with Crippen molar-refractivity contribution < 1.29 is 9.59 Å². The maximum absolute atomic E-state index is 11.1. The molecule has 0 spiro atoms. The van der Waals surface area contributed by atoms with Gasteiger partial charge in [0.2, 0.25) is 11.8 Å². The van der Waals surface area contributed by atoms with Crippen molar-refractivity contribution in [2.75, 3.05) is 17.2 Å². The first-order valence-corrected chi connectivity index (χ1v) is 8.63. The summed E-state index contributed by atoms with van der Waals surface area (Å²) in [6, 6.07) is 0. The van der Waals surface area contributed by atoms with Crippen molar-refractivity contribution >= 4 is 44.8 Å². The number of hydrazine groups is 1. The lowest BCUT2D eigenvalue weighted by Crippen LogP contribution is -2.30. The van der Waals surface area contributed by atoms with E-state index in [1.807, 2.05) is 12.3 Å². The maximum atomic E-state index is 11.1. The van der Waals surface area contributed by atoms with Crippen LogP contribution in [0.3, 0.4) is 0 Å². The Morgan fingerprint density at radius 1 is 1.30 bits per heavy atom. The second-order valence-corrected chi connectivity index (χ2v) is 6.61. The first-order chi connectivity index (χ1) is 11.0. The highest BCUT2D eigenvalue weighted by atomic mass is 32.1. The molecule has 0 aliphatic rings. The summed E-state index contributed by atoms with van der Waals surface area (Å²) in [7, 11) is 0. The van der Waals surface area contributed by atoms with E-state index in [4.69, 9.17) is 5.84 Å². The lowest BCUT2D eigenvalue weighted by molar-refractivity contribution is -0.121. The Balaban J connectivity index is 1.95. The first kappa shape index (κ1) is 17.3. The Labute approximate surface area is 141 Å². The molecule has 2 heterocycles. The molecule has 124 valence electrons. The highest BCUT2D eigenvalue weighted by Crippen LogP contribution is 2.34. The number of aromatic nitrogens is 2. The molecule has 0 saturated carbocycles. The average Bonchev–Trinajstić information content (AvgIpc) is 3.09. The molecule has 5 N–H and O–H groups in total. The van der Waals surface area contributed by atoms with E-state index in [1.165, 1.54) is 29.6 Å². The van der Waals surface area contributed by atoms with Crippen molar-refractivity contribution in [2.24, 2.45) is 5.84 Å². The Hall–Kier alpha value is -2.04. The second kappa shape index (κ2) is 7.99. The minimum atomic E-state index is -0.183. The molecule has 0 atom stereocenters. The van der Waals surface area contributed by atoms with Gasteiger partial charge in [0.05, 0.1) is 16.3 Å². The Morgan fingerprint density at radius 3 is 2.78 bits per heavy atom. The number of carbonyl (C=O) groups excluding carboxylic acids is 2. The quantitative estimate of drug-likeness (QED) is 0.260. The number of carbonyl (C=O) groups is 2. The highest BCUT2D eigenvalue weighted by Gasteiger charge is 2.13. The summed E-state index contributed by atoms with van der Waals surface area (Å²) in [5.74, 6) is 4.69. The van der Waals surface area contributed by atoms with Gasteiger partial charge in [0, 0.05) is 25.3 Å². The summed E-state index contributed by atoms with van der Waals surface area (Å²) < 4.78 is 0. The average molecular weight is 354 g/mol. The number of nitrogens with one attached hydrogen (secondary N) is 3. The van der Waals surface area contributed by atoms with E-state index >= 15 is 0 Å². The third-order valence-electron chi connectivity index (χ3n) is 2.83. The lowest BCUT2D eigenvalue weighted by Gasteiger charge is -2.01. The number of hydrogen-bond acceptors (Lipinski definition) is 8. The van der Waals surface area contributed by atoms with Crippen LogP contribution in [0.4, 0.5) is 10.3 Å². The van der Waals surface area contributed by atoms with E-state index in [1.54, 1.807) is 0 Å². The fourth-order valence-electron chi connectivity index (χ4n) is 1.81. The minimum absolute atomic E-state index is 0.146. The van der Waals surface area contributed by atoms with Gasteiger partial charge >= 0.3 is 0 Å². The third-order valence-corrected chi connectivity index (χ3v) is 4.73. The van der Waals surface area contributed by atoms with Crippen molar-refractivity contribution in [1.29, 1.82) is 0 Å². The number of nitrogens with two attached hydrogens (primary N) is 1. The van der Waals surface area contributed by atoms with Crippen LogP contribution in [0.1, 0.15) is 25.5 Å². The van der Waals surface area contributed by atoms with E-state index in [-0.39, 0.29) is 11.8 Å². The number of amides is 2. The van der Waals surface area contributed by atoms with Crippen molar-refractivity contribution in [3.05, 3.63) is 11.1 Å². The number of thiazole rings is 2. The third kappa shape index (κ3) is 4.98. The van der Waals surface area contributed by atoms with E-state index in [2.05, 4.69) is 26.0 Å². The fourth-order valence-corrected chi connectivity index (χ4v) is 3.59. The van der Waals surface area contributed by atoms with Gasteiger partial charge in [0.15, 0.2) is 10.3 Å². The molecule has 0 unspecified atom stereocenters. The Bertz CT molecular complexity index is 696. The van der Waals surface area contributed by atoms with Crippen LogP contribution in [0.5, 0.6) is 0 Å². The van der Waals surface area contributed by atoms with E-state index in [9.17, 15) is 9.59 Å². The summed E-state index contributed by atoms with van der Waals surface area (Å²) in [5.41, 5.74) is 3.75. The zero-order chi connectivity index (χ0) is 16.8. The van der Waals surface area contributed by atoms with Gasteiger partial charge in [-0.25, -0.2) is 15.8 Å². The normalized spacial score (nSPS) is 10.4. The molecule has 0 saturated heterocycles. The van der Waals surface area contributed by atoms with Gasteiger partial charge in [0.1, 0.15) is 0 Å². The summed E-state index contributed by atoms with van der Waals surface area (Å²) in [5, 5.41) is 9.14. The summed E-state index contributed by atoms with van der Waals surface area (Å²) in [6.07, 6.45) is 1.04. The summed E-state index contributed by atoms with van der Waals surface area (Å²) in [6.45, 7) is 3.97. The van der Waals surface area contributed by atoms with Gasteiger partial charge in [-0.1, -0.05) is 11.3 Å². The predicted octanol–water partition coefficient (Wildman–Crippen LogP) is 1.72. The number of anilines is 2. The van der Waals surface area contributed by atoms with Crippen molar-refractivity contribution in [3.8, 4) is 10.6 Å². The fraction of sp³-hybridized carbons (Fsp3) is 0.385. The van der Waals surface area contributed by atoms with Gasteiger partial charge in [-0.3, -0.25) is 15.0 Å². The Kier molecular flexibility index (Phi) is 6.02. The standard InChI is InChI=1S/C13H18N6O2S2/c1-7-11(23-13(16-7)17-8(2)20)9-6-22-12(18-9)15-5-3-4-10(21)19-14/h6H,3-5,14H2,1-2H3,(H,15,18)(H,19,21)(H,16,17,20). The van der Waals surface area contributed by atoms with Crippen LogP contribution in [0.2, 0.25) is 0 Å². The molecular weight excluding hydrogens is 336 g/mol. The number of nitrogens with zero attached hydrogens (tertiary/aromatic N) is 2. The van der Waals surface area contributed by atoms with Gasteiger partial charge in [-0.2, -0.15) is 0 Å². The maximum Gasteiger partial charge on any atom is 0.233 e.